The molecule has 0 spiro atoms. The first-order valence-electron chi connectivity index (χ1n) is 13.4. The van der Waals surface area contributed by atoms with Crippen LogP contribution in [0.1, 0.15) is 75.0 Å². The minimum absolute atomic E-state index is 0.129. The number of aliphatic hydroxyl groups excluding tert-OH is 1. The Balaban J connectivity index is 1.68. The lowest BCUT2D eigenvalue weighted by Crippen LogP contribution is -2.34. The fraction of sp³-hybridized carbons (Fsp3) is 0.419. The Hall–Kier alpha value is -2.51. The number of piperidine rings is 1. The molecule has 1 aliphatic heterocycles. The van der Waals surface area contributed by atoms with Crippen molar-refractivity contribution in [2.75, 3.05) is 24.4 Å². The molecule has 1 saturated carbocycles. The minimum atomic E-state index is -2.36. The van der Waals surface area contributed by atoms with Gasteiger partial charge in [0.2, 0.25) is 0 Å². The van der Waals surface area contributed by atoms with Crippen LogP contribution < -0.4 is 4.72 Å². The zero-order valence-electron chi connectivity index (χ0n) is 22.0. The Bertz CT molecular complexity index is 1140. The first-order chi connectivity index (χ1) is 18.0. The predicted octanol–water partition coefficient (Wildman–Crippen LogP) is 6.33. The summed E-state index contributed by atoms with van der Waals surface area (Å²) < 4.78 is 24.6. The third kappa shape index (κ3) is 7.51. The largest absolute Gasteiger partial charge is 0.755 e. The maximum Gasteiger partial charge on any atom is 0.0452 e. The highest BCUT2D eigenvalue weighted by atomic mass is 32.2. The van der Waals surface area contributed by atoms with E-state index in [9.17, 15) is 13.9 Å². The number of anilines is 1. The zero-order valence-corrected chi connectivity index (χ0v) is 22.8. The summed E-state index contributed by atoms with van der Waals surface area (Å²) in [4.78, 5) is 2.67. The predicted molar refractivity (Wildman–Crippen MR) is 153 cm³/mol. The molecule has 5 nitrogen and oxygen atoms in total. The number of allylic oxidation sites excluding steroid dienone is 5. The Morgan fingerprint density at radius 1 is 1.05 bits per heavy atom. The van der Waals surface area contributed by atoms with E-state index in [0.29, 0.717) is 18.0 Å². The summed E-state index contributed by atoms with van der Waals surface area (Å²) >= 11 is -2.36. The standard InChI is InChI=1S/C31H40N2O3S/c1-3-4-6-23(2)30(7-5-22-34)31(27-12-14-28(15-13-27)32-37(35)36)26-10-8-24(9-11-26)25-18-20-33(21-19-25)29-16-17-29/h3-4,6,8-15,25,29,32,34H,5,7,16-22H2,1-2H3,(H,35,36)/p-1/b4-3-,23-6+,31-30+. The molecule has 198 valence electrons. The number of aliphatic hydroxyl groups is 1. The van der Waals surface area contributed by atoms with Crippen LogP contribution in [0.3, 0.4) is 0 Å². The summed E-state index contributed by atoms with van der Waals surface area (Å²) in [5.41, 5.74) is 7.56. The second-order valence-corrected chi connectivity index (χ2v) is 10.8. The lowest BCUT2D eigenvalue weighted by molar-refractivity contribution is 0.203. The average molecular weight is 520 g/mol. The molecule has 1 unspecified atom stereocenters. The average Bonchev–Trinajstić information content (AvgIpc) is 3.76. The molecule has 6 heteroatoms. The van der Waals surface area contributed by atoms with Crippen molar-refractivity contribution in [3.63, 3.8) is 0 Å². The van der Waals surface area contributed by atoms with E-state index in [1.165, 1.54) is 49.9 Å². The monoisotopic (exact) mass is 519 g/mol. The fourth-order valence-electron chi connectivity index (χ4n) is 5.39. The molecule has 2 fully saturated rings. The van der Waals surface area contributed by atoms with Crippen molar-refractivity contribution in [3.8, 4) is 0 Å². The number of benzene rings is 2. The molecular formula is C31H39N2O3S-. The molecule has 2 aromatic carbocycles. The highest BCUT2D eigenvalue weighted by Crippen LogP contribution is 2.37. The second-order valence-electron chi connectivity index (χ2n) is 10.1. The van der Waals surface area contributed by atoms with Crippen molar-refractivity contribution in [1.82, 2.24) is 4.90 Å². The Morgan fingerprint density at radius 2 is 1.68 bits per heavy atom. The van der Waals surface area contributed by atoms with Crippen LogP contribution in [0.4, 0.5) is 5.69 Å². The topological polar surface area (TPSA) is 75.6 Å². The van der Waals surface area contributed by atoms with Crippen LogP contribution in [0, 0.1) is 0 Å². The van der Waals surface area contributed by atoms with Gasteiger partial charge >= 0.3 is 0 Å². The molecule has 0 radical (unpaired) electrons. The van der Waals surface area contributed by atoms with E-state index in [1.54, 1.807) is 12.1 Å². The lowest BCUT2D eigenvalue weighted by atomic mass is 9.85. The van der Waals surface area contributed by atoms with E-state index in [4.69, 9.17) is 0 Å². The summed E-state index contributed by atoms with van der Waals surface area (Å²) in [5, 5.41) is 9.63. The van der Waals surface area contributed by atoms with Gasteiger partial charge in [0.05, 0.1) is 0 Å². The molecule has 2 N–H and O–H groups in total. The maximum absolute atomic E-state index is 11.1. The van der Waals surface area contributed by atoms with Gasteiger partial charge in [-0.15, -0.1) is 0 Å². The second kappa shape index (κ2) is 13.3. The molecule has 1 saturated heterocycles. The summed E-state index contributed by atoms with van der Waals surface area (Å²) in [5.74, 6) is 0.611. The van der Waals surface area contributed by atoms with Crippen molar-refractivity contribution in [2.24, 2.45) is 0 Å². The molecule has 1 heterocycles. The van der Waals surface area contributed by atoms with Gasteiger partial charge in [0.1, 0.15) is 0 Å². The summed E-state index contributed by atoms with van der Waals surface area (Å²) in [7, 11) is 0. The van der Waals surface area contributed by atoms with Crippen molar-refractivity contribution < 1.29 is 13.9 Å². The number of likely N-dealkylation sites (tertiary alicyclic amines) is 1. The first-order valence-corrected chi connectivity index (χ1v) is 14.5. The van der Waals surface area contributed by atoms with Crippen LogP contribution in [0.2, 0.25) is 0 Å². The quantitative estimate of drug-likeness (QED) is 0.269. The van der Waals surface area contributed by atoms with Gasteiger partial charge < -0.3 is 19.3 Å². The SMILES string of the molecule is C\C=C/C=C(C)/C(CCCO)=C(/c1ccc(NS(=O)[O-])cc1)c1ccc(C2CCN(C3CC3)CC2)cc1. The highest BCUT2D eigenvalue weighted by molar-refractivity contribution is 7.80. The molecule has 0 amide bonds. The van der Waals surface area contributed by atoms with E-state index in [2.05, 4.69) is 46.9 Å². The van der Waals surface area contributed by atoms with Crippen LogP contribution in [0.25, 0.3) is 5.57 Å². The van der Waals surface area contributed by atoms with E-state index in [0.717, 1.165) is 34.7 Å². The third-order valence-corrected chi connectivity index (χ3v) is 7.94. The molecule has 37 heavy (non-hydrogen) atoms. The summed E-state index contributed by atoms with van der Waals surface area (Å²) in [6, 6.07) is 17.4. The molecular weight excluding hydrogens is 480 g/mol. The molecule has 1 aliphatic carbocycles. The summed E-state index contributed by atoms with van der Waals surface area (Å²) in [6.45, 7) is 6.66. The Labute approximate surface area is 224 Å². The fourth-order valence-corrected chi connectivity index (χ4v) is 5.72. The van der Waals surface area contributed by atoms with Crippen LogP contribution >= 0.6 is 0 Å². The maximum atomic E-state index is 11.1. The van der Waals surface area contributed by atoms with Gasteiger partial charge in [0, 0.05) is 29.6 Å². The van der Waals surface area contributed by atoms with Crippen molar-refractivity contribution >= 4 is 22.5 Å². The number of rotatable bonds is 11. The number of hydrogen-bond acceptors (Lipinski definition) is 4. The number of nitrogens with one attached hydrogen (secondary N) is 1. The highest BCUT2D eigenvalue weighted by Gasteiger charge is 2.32. The van der Waals surface area contributed by atoms with Crippen LogP contribution in [-0.4, -0.2) is 44.5 Å². The van der Waals surface area contributed by atoms with Gasteiger partial charge in [-0.05, 0) is 117 Å². The van der Waals surface area contributed by atoms with Gasteiger partial charge in [-0.2, -0.15) is 0 Å². The van der Waals surface area contributed by atoms with Crippen LogP contribution in [0.15, 0.2) is 77.9 Å². The van der Waals surface area contributed by atoms with Crippen molar-refractivity contribution in [1.29, 1.82) is 0 Å². The van der Waals surface area contributed by atoms with E-state index < -0.39 is 11.3 Å². The molecule has 0 aromatic heterocycles. The van der Waals surface area contributed by atoms with Gasteiger partial charge in [0.25, 0.3) is 0 Å². The van der Waals surface area contributed by atoms with E-state index in [1.807, 2.05) is 31.2 Å². The van der Waals surface area contributed by atoms with Crippen molar-refractivity contribution in [2.45, 2.75) is 64.3 Å². The smallest absolute Gasteiger partial charge is 0.0452 e. The van der Waals surface area contributed by atoms with Crippen LogP contribution in [-0.2, 0) is 11.3 Å². The minimum Gasteiger partial charge on any atom is -0.755 e. The lowest BCUT2D eigenvalue weighted by Gasteiger charge is -2.32. The normalized spacial score (nSPS) is 19.2. The molecule has 1 atom stereocenters. The summed E-state index contributed by atoms with van der Waals surface area (Å²) in [6.07, 6.45) is 12.8. The molecule has 0 bridgehead atoms. The molecule has 2 aromatic rings. The Morgan fingerprint density at radius 3 is 2.22 bits per heavy atom. The van der Waals surface area contributed by atoms with Crippen molar-refractivity contribution in [3.05, 3.63) is 94.6 Å². The van der Waals surface area contributed by atoms with E-state index in [-0.39, 0.29) is 6.61 Å². The van der Waals surface area contributed by atoms with Gasteiger partial charge in [-0.1, -0.05) is 54.6 Å². The third-order valence-electron chi connectivity index (χ3n) is 7.54. The molecule has 2 aliphatic rings. The molecule has 4 rings (SSSR count). The number of nitrogens with zero attached hydrogens (tertiary/aromatic N) is 1. The van der Waals surface area contributed by atoms with Gasteiger partial charge in [-0.25, -0.2) is 0 Å². The van der Waals surface area contributed by atoms with Gasteiger partial charge in [0.15, 0.2) is 0 Å². The number of hydrogen-bond donors (Lipinski definition) is 2. The van der Waals surface area contributed by atoms with E-state index >= 15 is 0 Å². The van der Waals surface area contributed by atoms with Crippen LogP contribution in [0.5, 0.6) is 0 Å². The Kier molecular flexibility index (Phi) is 9.92. The first kappa shape index (κ1) is 27.5. The van der Waals surface area contributed by atoms with Gasteiger partial charge in [-0.3, -0.25) is 4.21 Å². The zero-order chi connectivity index (χ0) is 26.2.